The zero-order chi connectivity index (χ0) is 29.7. The van der Waals surface area contributed by atoms with Crippen LogP contribution in [0.5, 0.6) is 0 Å². The molecule has 0 saturated carbocycles. The first-order chi connectivity index (χ1) is 20.2. The Bertz CT molecular complexity index is 1210. The summed E-state index contributed by atoms with van der Waals surface area (Å²) in [5.74, 6) is 0.334. The Balaban J connectivity index is 1.19. The highest BCUT2D eigenvalue weighted by atomic mass is 19.1. The third kappa shape index (κ3) is 8.08. The van der Waals surface area contributed by atoms with E-state index in [0.717, 1.165) is 74.9 Å². The summed E-state index contributed by atoms with van der Waals surface area (Å²) in [7, 11) is 0. The molecular weight excluding hydrogens is 533 g/mol. The number of aryl methyl sites for hydroxylation is 2. The Labute approximate surface area is 250 Å². The molecule has 1 aromatic heterocycles. The standard InChI is InChI=1S/C34H48FN3O4/c1-23-11-12-24-13-15-26(37-32(24)36-23)9-5-7-19-40-27-17-18-38(22-27)31(33(39)42-34(2,3)4)29-21-25(35)14-16-28(29)30-10-6-8-20-41-30/h13-16,21,23,27,30-31H,5-12,17-20,22H2,1-4H3,(H,36,37)/t23?,27-,30?,31?/m1/s1. The number of hydrogen-bond donors (Lipinski definition) is 1. The number of ether oxygens (including phenoxy) is 3. The zero-order valence-corrected chi connectivity index (χ0v) is 25.8. The van der Waals surface area contributed by atoms with Crippen molar-refractivity contribution in [2.24, 2.45) is 0 Å². The lowest BCUT2D eigenvalue weighted by molar-refractivity contribution is -0.161. The van der Waals surface area contributed by atoms with Gasteiger partial charge in [-0.3, -0.25) is 4.90 Å². The SMILES string of the molecule is CC1CCc2ccc(CCCCO[C@@H]3CCN(C(C(=O)OC(C)(C)C)c4cc(F)ccc4C4CCCCO4)C3)nc2N1. The number of hydrogen-bond acceptors (Lipinski definition) is 7. The number of pyridine rings is 1. The van der Waals surface area contributed by atoms with Crippen LogP contribution in [0.4, 0.5) is 10.2 Å². The van der Waals surface area contributed by atoms with Gasteiger partial charge in [-0.2, -0.15) is 0 Å². The second-order valence-corrected chi connectivity index (χ2v) is 13.2. The fourth-order valence-electron chi connectivity index (χ4n) is 6.35. The van der Waals surface area contributed by atoms with Crippen LogP contribution in [0.25, 0.3) is 0 Å². The summed E-state index contributed by atoms with van der Waals surface area (Å²) in [6.45, 7) is 10.4. The maximum atomic E-state index is 14.7. The third-order valence-corrected chi connectivity index (χ3v) is 8.49. The Hall–Kier alpha value is -2.55. The molecule has 2 fully saturated rings. The minimum Gasteiger partial charge on any atom is -0.459 e. The molecule has 4 heterocycles. The molecule has 0 amide bonds. The summed E-state index contributed by atoms with van der Waals surface area (Å²) in [4.78, 5) is 20.6. The Morgan fingerprint density at radius 1 is 1.17 bits per heavy atom. The number of aromatic nitrogens is 1. The van der Waals surface area contributed by atoms with Gasteiger partial charge in [0.25, 0.3) is 0 Å². The van der Waals surface area contributed by atoms with Gasteiger partial charge in [-0.15, -0.1) is 0 Å². The number of benzene rings is 1. The summed E-state index contributed by atoms with van der Waals surface area (Å²) >= 11 is 0. The molecule has 2 aromatic rings. The van der Waals surface area contributed by atoms with E-state index < -0.39 is 11.6 Å². The highest BCUT2D eigenvalue weighted by Gasteiger charge is 2.39. The molecule has 3 aliphatic heterocycles. The Kier molecular flexibility index (Phi) is 10.2. The predicted molar refractivity (Wildman–Crippen MR) is 162 cm³/mol. The molecule has 3 unspecified atom stereocenters. The molecule has 1 aromatic carbocycles. The molecule has 0 radical (unpaired) electrons. The van der Waals surface area contributed by atoms with Gasteiger partial charge in [-0.25, -0.2) is 14.2 Å². The van der Waals surface area contributed by atoms with Gasteiger partial charge in [0.05, 0.1) is 12.2 Å². The van der Waals surface area contributed by atoms with Gasteiger partial charge >= 0.3 is 5.97 Å². The van der Waals surface area contributed by atoms with E-state index in [1.165, 1.54) is 17.7 Å². The van der Waals surface area contributed by atoms with Crippen LogP contribution in [0, 0.1) is 5.82 Å². The van der Waals surface area contributed by atoms with E-state index in [1.54, 1.807) is 6.07 Å². The van der Waals surface area contributed by atoms with Gasteiger partial charge in [-0.1, -0.05) is 12.1 Å². The van der Waals surface area contributed by atoms with Crippen molar-refractivity contribution in [2.45, 2.75) is 115 Å². The van der Waals surface area contributed by atoms with Crippen molar-refractivity contribution >= 4 is 11.8 Å². The van der Waals surface area contributed by atoms with E-state index >= 15 is 0 Å². The van der Waals surface area contributed by atoms with Gasteiger partial charge in [0, 0.05) is 38.0 Å². The number of anilines is 1. The first kappa shape index (κ1) is 30.9. The minimum atomic E-state index is -0.708. The molecule has 5 rings (SSSR count). The van der Waals surface area contributed by atoms with Gasteiger partial charge in [0.15, 0.2) is 0 Å². The lowest BCUT2D eigenvalue weighted by Gasteiger charge is -2.33. The number of fused-ring (bicyclic) bond motifs is 1. The molecule has 3 aliphatic rings. The van der Waals surface area contributed by atoms with Crippen molar-refractivity contribution in [3.8, 4) is 0 Å². The highest BCUT2D eigenvalue weighted by Crippen LogP contribution is 2.38. The molecule has 7 nitrogen and oxygen atoms in total. The quantitative estimate of drug-likeness (QED) is 0.247. The van der Waals surface area contributed by atoms with Crippen molar-refractivity contribution in [2.75, 3.05) is 31.6 Å². The van der Waals surface area contributed by atoms with Crippen LogP contribution in [0.1, 0.15) is 107 Å². The maximum absolute atomic E-state index is 14.7. The van der Waals surface area contributed by atoms with E-state index in [4.69, 9.17) is 19.2 Å². The van der Waals surface area contributed by atoms with Crippen LogP contribution >= 0.6 is 0 Å². The molecule has 2 saturated heterocycles. The second kappa shape index (κ2) is 13.8. The molecule has 8 heteroatoms. The van der Waals surface area contributed by atoms with Crippen molar-refractivity contribution in [3.05, 3.63) is 58.5 Å². The van der Waals surface area contributed by atoms with E-state index in [-0.39, 0.29) is 24.0 Å². The second-order valence-electron chi connectivity index (χ2n) is 13.2. The van der Waals surface area contributed by atoms with Crippen molar-refractivity contribution in [1.29, 1.82) is 0 Å². The number of halogens is 1. The Morgan fingerprint density at radius 2 is 2.02 bits per heavy atom. The fraction of sp³-hybridized carbons (Fsp3) is 0.647. The first-order valence-electron chi connectivity index (χ1n) is 15.9. The molecule has 0 spiro atoms. The molecule has 1 N–H and O–H groups in total. The number of nitrogens with one attached hydrogen (secondary N) is 1. The number of carbonyl (C=O) groups excluding carboxylic acids is 1. The zero-order valence-electron chi connectivity index (χ0n) is 25.8. The van der Waals surface area contributed by atoms with E-state index in [2.05, 4.69) is 29.3 Å². The van der Waals surface area contributed by atoms with Crippen molar-refractivity contribution in [1.82, 2.24) is 9.88 Å². The molecular formula is C34H48FN3O4. The average Bonchev–Trinajstić information content (AvgIpc) is 3.40. The summed E-state index contributed by atoms with van der Waals surface area (Å²) in [6.07, 6.45) is 8.76. The minimum absolute atomic E-state index is 0.0189. The smallest absolute Gasteiger partial charge is 0.328 e. The van der Waals surface area contributed by atoms with Gasteiger partial charge < -0.3 is 19.5 Å². The fourth-order valence-corrected chi connectivity index (χ4v) is 6.35. The monoisotopic (exact) mass is 581 g/mol. The molecule has 0 bridgehead atoms. The van der Waals surface area contributed by atoms with E-state index in [1.807, 2.05) is 20.8 Å². The van der Waals surface area contributed by atoms with Crippen LogP contribution in [-0.4, -0.2) is 59.9 Å². The van der Waals surface area contributed by atoms with Crippen LogP contribution in [-0.2, 0) is 31.8 Å². The van der Waals surface area contributed by atoms with Crippen LogP contribution in [0.2, 0.25) is 0 Å². The number of unbranched alkanes of at least 4 members (excludes halogenated alkanes) is 1. The number of likely N-dealkylation sites (tertiary alicyclic amines) is 1. The molecule has 230 valence electrons. The van der Waals surface area contributed by atoms with Crippen LogP contribution in [0.15, 0.2) is 30.3 Å². The lowest BCUT2D eigenvalue weighted by atomic mass is 9.92. The van der Waals surface area contributed by atoms with Gasteiger partial charge in [-0.05, 0) is 120 Å². The topological polar surface area (TPSA) is 72.9 Å². The number of esters is 1. The van der Waals surface area contributed by atoms with Gasteiger partial charge in [0.2, 0.25) is 0 Å². The van der Waals surface area contributed by atoms with Crippen LogP contribution < -0.4 is 5.32 Å². The van der Waals surface area contributed by atoms with Crippen LogP contribution in [0.3, 0.4) is 0 Å². The van der Waals surface area contributed by atoms with E-state index in [9.17, 15) is 9.18 Å². The van der Waals surface area contributed by atoms with E-state index in [0.29, 0.717) is 37.9 Å². The third-order valence-electron chi connectivity index (χ3n) is 8.49. The van der Waals surface area contributed by atoms with Crippen molar-refractivity contribution < 1.29 is 23.4 Å². The predicted octanol–water partition coefficient (Wildman–Crippen LogP) is 6.71. The number of carbonyl (C=O) groups is 1. The summed E-state index contributed by atoms with van der Waals surface area (Å²) < 4.78 is 32.9. The highest BCUT2D eigenvalue weighted by molar-refractivity contribution is 5.79. The lowest BCUT2D eigenvalue weighted by Crippen LogP contribution is -2.38. The molecule has 42 heavy (non-hydrogen) atoms. The molecule has 4 atom stereocenters. The normalized spacial score (nSPS) is 23.7. The van der Waals surface area contributed by atoms with Gasteiger partial charge in [0.1, 0.15) is 23.3 Å². The largest absolute Gasteiger partial charge is 0.459 e. The summed E-state index contributed by atoms with van der Waals surface area (Å²) in [5.41, 5.74) is 3.32. The number of rotatable bonds is 10. The number of nitrogens with zero attached hydrogens (tertiary/aromatic N) is 2. The first-order valence-corrected chi connectivity index (χ1v) is 15.9. The summed E-state index contributed by atoms with van der Waals surface area (Å²) in [5, 5.41) is 3.51. The van der Waals surface area contributed by atoms with Crippen molar-refractivity contribution in [3.63, 3.8) is 0 Å². The molecule has 0 aliphatic carbocycles. The maximum Gasteiger partial charge on any atom is 0.328 e. The average molecular weight is 582 g/mol. The Morgan fingerprint density at radius 3 is 2.81 bits per heavy atom. The summed E-state index contributed by atoms with van der Waals surface area (Å²) in [6, 6.07) is 8.89.